The van der Waals surface area contributed by atoms with Gasteiger partial charge in [0, 0.05) is 23.9 Å². The quantitative estimate of drug-likeness (QED) is 0.648. The van der Waals surface area contributed by atoms with Crippen molar-refractivity contribution in [1.82, 2.24) is 9.97 Å². The van der Waals surface area contributed by atoms with Gasteiger partial charge in [0.2, 0.25) is 0 Å². The van der Waals surface area contributed by atoms with Crippen molar-refractivity contribution in [3.63, 3.8) is 0 Å². The molecule has 1 aromatic carbocycles. The van der Waals surface area contributed by atoms with Crippen molar-refractivity contribution >= 4 is 22.6 Å². The van der Waals surface area contributed by atoms with E-state index >= 15 is 0 Å². The number of pyridine rings is 1. The van der Waals surface area contributed by atoms with Gasteiger partial charge < -0.3 is 15.2 Å². The molecule has 0 spiro atoms. The summed E-state index contributed by atoms with van der Waals surface area (Å²) in [5, 5.41) is 28.2. The summed E-state index contributed by atoms with van der Waals surface area (Å²) in [6, 6.07) is 10.7. The number of rotatable bonds is 3. The van der Waals surface area contributed by atoms with Gasteiger partial charge in [0.1, 0.15) is 6.07 Å². The number of fused-ring (bicyclic) bond motifs is 1. The average Bonchev–Trinajstić information content (AvgIpc) is 2.91. The first kappa shape index (κ1) is 14.5. The Bertz CT molecular complexity index is 881. The molecule has 0 radical (unpaired) electrons. The third-order valence-corrected chi connectivity index (χ3v) is 3.76. The molecule has 0 aliphatic carbocycles. The molecule has 2 heterocycles. The predicted octanol–water partition coefficient (Wildman–Crippen LogP) is 2.66. The highest BCUT2D eigenvalue weighted by molar-refractivity contribution is 6.31. The lowest BCUT2D eigenvalue weighted by Gasteiger charge is -2.04. The minimum Gasteiger partial charge on any atom is -0.364 e. The van der Waals surface area contributed by atoms with Crippen LogP contribution in [0, 0.1) is 11.3 Å². The van der Waals surface area contributed by atoms with Crippen molar-refractivity contribution in [2.75, 3.05) is 0 Å². The first-order valence-corrected chi connectivity index (χ1v) is 6.97. The number of aliphatic hydroxyl groups is 2. The van der Waals surface area contributed by atoms with Gasteiger partial charge in [0.25, 0.3) is 0 Å². The molecule has 0 aliphatic heterocycles. The highest BCUT2D eigenvalue weighted by Gasteiger charge is 2.12. The lowest BCUT2D eigenvalue weighted by atomic mass is 10.1. The Morgan fingerprint density at radius 2 is 2.09 bits per heavy atom. The van der Waals surface area contributed by atoms with Gasteiger partial charge in [-0.05, 0) is 29.8 Å². The zero-order chi connectivity index (χ0) is 15.7. The maximum Gasteiger partial charge on any atom is 0.180 e. The fraction of sp³-hybridized carbons (Fsp3) is 0.125. The molecular formula is C16H12ClN3O2. The number of aromatic amines is 1. The van der Waals surface area contributed by atoms with Crippen molar-refractivity contribution in [1.29, 1.82) is 5.26 Å². The summed E-state index contributed by atoms with van der Waals surface area (Å²) in [6.07, 6.45) is 0.534. The molecule has 6 heteroatoms. The van der Waals surface area contributed by atoms with Crippen LogP contribution >= 0.6 is 11.6 Å². The van der Waals surface area contributed by atoms with E-state index in [0.29, 0.717) is 33.6 Å². The number of aromatic nitrogens is 2. The molecule has 0 amide bonds. The number of nitrogens with zero attached hydrogens (tertiary/aromatic N) is 2. The van der Waals surface area contributed by atoms with E-state index in [0.717, 1.165) is 11.3 Å². The molecule has 0 saturated carbocycles. The number of hydrogen-bond donors (Lipinski definition) is 3. The molecule has 0 aliphatic rings. The standard InChI is InChI=1S/C16H12ClN3O2/c17-13-2-1-9(5-10(13)8-18)6-11-7-14-15(20-11)12(16(21)22)3-4-19-14/h1-5,7,16,20-22H,6H2. The minimum absolute atomic E-state index is 0.380. The molecule has 3 aromatic rings. The molecule has 0 saturated heterocycles. The van der Waals surface area contributed by atoms with Crippen molar-refractivity contribution in [3.05, 3.63) is 63.9 Å². The van der Waals surface area contributed by atoms with E-state index < -0.39 is 6.29 Å². The molecule has 0 atom stereocenters. The van der Waals surface area contributed by atoms with Crippen LogP contribution in [0.4, 0.5) is 0 Å². The average molecular weight is 314 g/mol. The highest BCUT2D eigenvalue weighted by Crippen LogP contribution is 2.24. The van der Waals surface area contributed by atoms with Gasteiger partial charge in [0.05, 0.1) is 21.6 Å². The van der Waals surface area contributed by atoms with E-state index in [1.807, 2.05) is 12.1 Å². The monoisotopic (exact) mass is 313 g/mol. The van der Waals surface area contributed by atoms with E-state index in [4.69, 9.17) is 16.9 Å². The number of nitrogens with one attached hydrogen (secondary N) is 1. The van der Waals surface area contributed by atoms with E-state index in [-0.39, 0.29) is 0 Å². The Morgan fingerprint density at radius 3 is 2.82 bits per heavy atom. The third-order valence-electron chi connectivity index (χ3n) is 3.43. The third kappa shape index (κ3) is 2.68. The molecule has 0 bridgehead atoms. The molecule has 5 nitrogen and oxygen atoms in total. The predicted molar refractivity (Wildman–Crippen MR) is 82.2 cm³/mol. The number of H-pyrrole nitrogens is 1. The number of benzene rings is 1. The Kier molecular flexibility index (Phi) is 3.82. The molecule has 2 aromatic heterocycles. The second-order valence-corrected chi connectivity index (χ2v) is 5.34. The summed E-state index contributed by atoms with van der Waals surface area (Å²) in [5.74, 6) is 0. The molecule has 0 fully saturated rings. The van der Waals surface area contributed by atoms with Gasteiger partial charge in [-0.1, -0.05) is 17.7 Å². The van der Waals surface area contributed by atoms with Crippen molar-refractivity contribution in [3.8, 4) is 6.07 Å². The van der Waals surface area contributed by atoms with Crippen LogP contribution in [0.15, 0.2) is 36.5 Å². The van der Waals surface area contributed by atoms with Crippen LogP contribution in [-0.2, 0) is 6.42 Å². The SMILES string of the molecule is N#Cc1cc(Cc2cc3nccc(C(O)O)c3[nH]2)ccc1Cl. The fourth-order valence-corrected chi connectivity index (χ4v) is 2.56. The summed E-state index contributed by atoms with van der Waals surface area (Å²) in [5.41, 5.74) is 3.86. The minimum atomic E-state index is -1.56. The Hall–Kier alpha value is -2.39. The molecule has 0 unspecified atom stereocenters. The van der Waals surface area contributed by atoms with Gasteiger partial charge in [-0.25, -0.2) is 0 Å². The van der Waals surface area contributed by atoms with Crippen molar-refractivity contribution < 1.29 is 10.2 Å². The number of aliphatic hydroxyl groups excluding tert-OH is 1. The van der Waals surface area contributed by atoms with Gasteiger partial charge in [-0.3, -0.25) is 4.98 Å². The largest absolute Gasteiger partial charge is 0.364 e. The van der Waals surface area contributed by atoms with Gasteiger partial charge in [-0.2, -0.15) is 5.26 Å². The Balaban J connectivity index is 1.98. The summed E-state index contributed by atoms with van der Waals surface area (Å²) >= 11 is 5.92. The maximum absolute atomic E-state index is 9.38. The van der Waals surface area contributed by atoms with Crippen LogP contribution in [0.25, 0.3) is 11.0 Å². The number of nitriles is 1. The normalized spacial score (nSPS) is 11.0. The summed E-state index contributed by atoms with van der Waals surface area (Å²) in [7, 11) is 0. The van der Waals surface area contributed by atoms with Gasteiger partial charge in [-0.15, -0.1) is 0 Å². The van der Waals surface area contributed by atoms with Crippen LogP contribution < -0.4 is 0 Å². The first-order valence-electron chi connectivity index (χ1n) is 6.59. The lowest BCUT2D eigenvalue weighted by Crippen LogP contribution is -1.96. The van der Waals surface area contributed by atoms with E-state index in [1.54, 1.807) is 18.2 Å². The second-order valence-electron chi connectivity index (χ2n) is 4.93. The fourth-order valence-electron chi connectivity index (χ4n) is 2.40. The van der Waals surface area contributed by atoms with Crippen LogP contribution in [0.2, 0.25) is 5.02 Å². The topological polar surface area (TPSA) is 92.9 Å². The smallest absolute Gasteiger partial charge is 0.180 e. The zero-order valence-electron chi connectivity index (χ0n) is 11.4. The summed E-state index contributed by atoms with van der Waals surface area (Å²) in [6.45, 7) is 0. The van der Waals surface area contributed by atoms with E-state index in [1.165, 1.54) is 6.20 Å². The molecule has 110 valence electrons. The Labute approximate surface area is 131 Å². The number of hydrogen-bond acceptors (Lipinski definition) is 4. The second kappa shape index (κ2) is 5.78. The van der Waals surface area contributed by atoms with E-state index in [2.05, 4.69) is 16.0 Å². The molecule has 3 N–H and O–H groups in total. The maximum atomic E-state index is 9.38. The van der Waals surface area contributed by atoms with Crippen molar-refractivity contribution in [2.45, 2.75) is 12.7 Å². The van der Waals surface area contributed by atoms with Crippen LogP contribution in [0.1, 0.15) is 28.7 Å². The molecule has 3 rings (SSSR count). The first-order chi connectivity index (χ1) is 10.6. The summed E-state index contributed by atoms with van der Waals surface area (Å²) in [4.78, 5) is 7.36. The van der Waals surface area contributed by atoms with Crippen molar-refractivity contribution in [2.24, 2.45) is 0 Å². The summed E-state index contributed by atoms with van der Waals surface area (Å²) < 4.78 is 0. The zero-order valence-corrected chi connectivity index (χ0v) is 12.2. The van der Waals surface area contributed by atoms with Gasteiger partial charge >= 0.3 is 0 Å². The lowest BCUT2D eigenvalue weighted by molar-refractivity contribution is -0.0414. The highest BCUT2D eigenvalue weighted by atomic mass is 35.5. The number of halogens is 1. The van der Waals surface area contributed by atoms with E-state index in [9.17, 15) is 10.2 Å². The van der Waals surface area contributed by atoms with Gasteiger partial charge in [0.15, 0.2) is 6.29 Å². The van der Waals surface area contributed by atoms with Crippen LogP contribution in [0.5, 0.6) is 0 Å². The van der Waals surface area contributed by atoms with Crippen LogP contribution in [-0.4, -0.2) is 20.2 Å². The molecular weight excluding hydrogens is 302 g/mol. The van der Waals surface area contributed by atoms with Crippen LogP contribution in [0.3, 0.4) is 0 Å². The molecule has 22 heavy (non-hydrogen) atoms. The Morgan fingerprint density at radius 1 is 1.27 bits per heavy atom.